The molecule has 1 unspecified atom stereocenters. The van der Waals surface area contributed by atoms with E-state index < -0.39 is 20.8 Å². The van der Waals surface area contributed by atoms with Gasteiger partial charge in [-0.05, 0) is 18.4 Å². The predicted octanol–water partition coefficient (Wildman–Crippen LogP) is 4.32. The molecule has 0 aliphatic rings. The minimum absolute atomic E-state index is 0. The van der Waals surface area contributed by atoms with E-state index >= 15 is 0 Å². The summed E-state index contributed by atoms with van der Waals surface area (Å²) in [6, 6.07) is 2.16. The number of hydrogen-bond acceptors (Lipinski definition) is 4. The molecule has 0 fully saturated rings. The Balaban J connectivity index is 0.00000900. The van der Waals surface area contributed by atoms with Crippen molar-refractivity contribution < 1.29 is 74.6 Å². The number of rotatable bonds is 17. The number of benzene rings is 1. The van der Waals surface area contributed by atoms with E-state index in [1.54, 1.807) is 0 Å². The van der Waals surface area contributed by atoms with Gasteiger partial charge in [-0.3, -0.25) is 4.55 Å². The van der Waals surface area contributed by atoms with Crippen LogP contribution in [0.1, 0.15) is 122 Å². The first-order valence-electron chi connectivity index (χ1n) is 11.8. The van der Waals surface area contributed by atoms with E-state index in [-0.39, 0.29) is 63.1 Å². The van der Waals surface area contributed by atoms with Gasteiger partial charge in [-0.15, -0.1) is 0 Å². The van der Waals surface area contributed by atoms with Crippen LogP contribution < -0.4 is 51.4 Å². The molecule has 0 bridgehead atoms. The molecular formula is C24H42KO5S+. The Morgan fingerprint density at radius 1 is 0.742 bits per heavy atom. The average molecular weight is 482 g/mol. The maximum Gasteiger partial charge on any atom is 1.00 e. The van der Waals surface area contributed by atoms with Gasteiger partial charge >= 0.3 is 51.4 Å². The molecule has 1 atom stereocenters. The number of aromatic hydroxyl groups is 2. The Bertz CT molecular complexity index is 706. The molecular weight excluding hydrogens is 439 g/mol. The maximum absolute atomic E-state index is 11.2. The molecule has 0 aliphatic carbocycles. The van der Waals surface area contributed by atoms with Crippen LogP contribution in [-0.2, 0) is 10.1 Å². The van der Waals surface area contributed by atoms with E-state index in [4.69, 9.17) is 4.55 Å². The molecule has 174 valence electrons. The van der Waals surface area contributed by atoms with Crippen LogP contribution >= 0.6 is 0 Å². The Kier molecular flexibility index (Phi) is 18.0. The molecule has 0 radical (unpaired) electrons. The Labute approximate surface area is 232 Å². The van der Waals surface area contributed by atoms with Crippen molar-refractivity contribution >= 4 is 10.1 Å². The second kappa shape index (κ2) is 17.8. The molecule has 7 heteroatoms. The van der Waals surface area contributed by atoms with Crippen LogP contribution in [-0.4, -0.2) is 23.2 Å². The average Bonchev–Trinajstić information content (AvgIpc) is 2.68. The normalized spacial score (nSPS) is 12.5. The van der Waals surface area contributed by atoms with Gasteiger partial charge in [0.15, 0.2) is 0 Å². The number of hydrogen-bond donors (Lipinski definition) is 3. The van der Waals surface area contributed by atoms with Crippen LogP contribution in [0.5, 0.6) is 11.5 Å². The van der Waals surface area contributed by atoms with E-state index in [0.29, 0.717) is 5.56 Å². The van der Waals surface area contributed by atoms with E-state index in [9.17, 15) is 18.6 Å². The predicted molar refractivity (Wildman–Crippen MR) is 123 cm³/mol. The Hall–Kier alpha value is 0.366. The molecule has 0 aliphatic heterocycles. The first-order valence-corrected chi connectivity index (χ1v) is 13.2. The largest absolute Gasteiger partial charge is 1.00 e. The van der Waals surface area contributed by atoms with Gasteiger partial charge in [-0.25, -0.2) is 0 Å². The third kappa shape index (κ3) is 13.6. The van der Waals surface area contributed by atoms with Crippen molar-refractivity contribution in [3.8, 4) is 11.5 Å². The summed E-state index contributed by atoms with van der Waals surface area (Å²) in [5.74, 6) is -0.736. The van der Waals surface area contributed by atoms with Gasteiger partial charge in [0.25, 0.3) is 10.1 Å². The molecule has 5 nitrogen and oxygen atoms in total. The van der Waals surface area contributed by atoms with Gasteiger partial charge in [-0.1, -0.05) is 104 Å². The van der Waals surface area contributed by atoms with Crippen molar-refractivity contribution in [1.82, 2.24) is 0 Å². The summed E-state index contributed by atoms with van der Waals surface area (Å²) in [5.41, 5.74) is 0.509. The quantitative estimate of drug-likeness (QED) is 0.133. The fourth-order valence-electron chi connectivity index (χ4n) is 3.98. The SMILES string of the molecule is CCCCCCCCCCCCCCCCC(C)c1cc(O)c(S(=O)(=O)O)cc1O.[K+]. The van der Waals surface area contributed by atoms with Crippen molar-refractivity contribution in [3.63, 3.8) is 0 Å². The molecule has 0 heterocycles. The molecule has 3 N–H and O–H groups in total. The Morgan fingerprint density at radius 2 is 1.16 bits per heavy atom. The van der Waals surface area contributed by atoms with Crippen molar-refractivity contribution in [2.24, 2.45) is 0 Å². The zero-order valence-electron chi connectivity index (χ0n) is 19.9. The van der Waals surface area contributed by atoms with Crippen molar-refractivity contribution in [2.45, 2.75) is 121 Å². The van der Waals surface area contributed by atoms with Crippen LogP contribution in [0.15, 0.2) is 17.0 Å². The van der Waals surface area contributed by atoms with Crippen molar-refractivity contribution in [1.29, 1.82) is 0 Å². The third-order valence-electron chi connectivity index (χ3n) is 5.91. The van der Waals surface area contributed by atoms with Crippen LogP contribution in [0, 0.1) is 0 Å². The van der Waals surface area contributed by atoms with Crippen LogP contribution in [0.2, 0.25) is 0 Å². The molecule has 31 heavy (non-hydrogen) atoms. The summed E-state index contributed by atoms with van der Waals surface area (Å²) < 4.78 is 31.5. The van der Waals surface area contributed by atoms with E-state index in [1.165, 1.54) is 83.1 Å². The van der Waals surface area contributed by atoms with Crippen molar-refractivity contribution in [2.75, 3.05) is 0 Å². The van der Waals surface area contributed by atoms with Gasteiger partial charge in [-0.2, -0.15) is 8.42 Å². The third-order valence-corrected chi connectivity index (χ3v) is 6.79. The summed E-state index contributed by atoms with van der Waals surface area (Å²) in [6.07, 6.45) is 19.1. The minimum atomic E-state index is -4.55. The number of unbranched alkanes of at least 4 members (excludes halogenated alkanes) is 13. The molecule has 0 saturated heterocycles. The fraction of sp³-hybridized carbons (Fsp3) is 0.750. The fourth-order valence-corrected chi connectivity index (χ4v) is 4.56. The summed E-state index contributed by atoms with van der Waals surface area (Å²) >= 11 is 0. The van der Waals surface area contributed by atoms with Crippen LogP contribution in [0.4, 0.5) is 0 Å². The topological polar surface area (TPSA) is 94.8 Å². The van der Waals surface area contributed by atoms with Gasteiger partial charge in [0.2, 0.25) is 0 Å². The molecule has 1 rings (SSSR count). The van der Waals surface area contributed by atoms with Gasteiger partial charge in [0.1, 0.15) is 16.4 Å². The van der Waals surface area contributed by atoms with E-state index in [0.717, 1.165) is 25.3 Å². The molecule has 0 aromatic heterocycles. The number of phenols is 2. The second-order valence-electron chi connectivity index (χ2n) is 8.64. The van der Waals surface area contributed by atoms with E-state index in [1.807, 2.05) is 6.92 Å². The zero-order valence-corrected chi connectivity index (χ0v) is 23.8. The van der Waals surface area contributed by atoms with Crippen molar-refractivity contribution in [3.05, 3.63) is 17.7 Å². The van der Waals surface area contributed by atoms with Gasteiger partial charge in [0, 0.05) is 11.6 Å². The summed E-state index contributed by atoms with van der Waals surface area (Å²) in [5, 5.41) is 19.9. The first kappa shape index (κ1) is 31.4. The zero-order chi connectivity index (χ0) is 22.4. The van der Waals surface area contributed by atoms with E-state index in [2.05, 4.69) is 6.92 Å². The van der Waals surface area contributed by atoms with Gasteiger partial charge < -0.3 is 10.2 Å². The van der Waals surface area contributed by atoms with Crippen LogP contribution in [0.25, 0.3) is 0 Å². The molecule has 0 amide bonds. The standard InChI is InChI=1S/C24H42O5S.K/c1-3-4-5-6-7-8-9-10-11-12-13-14-15-16-17-20(2)21-18-23(26)24(19-22(21)25)30(27,28)29;/h18-20,25-26H,3-17H2,1-2H3,(H,27,28,29);/q;+1. The summed E-state index contributed by atoms with van der Waals surface area (Å²) in [7, 11) is -4.55. The maximum atomic E-state index is 11.2. The minimum Gasteiger partial charge on any atom is -0.508 e. The molecule has 0 spiro atoms. The molecule has 1 aromatic rings. The number of phenolic OH excluding ortho intramolecular Hbond substituents is 2. The smallest absolute Gasteiger partial charge is 0.508 e. The van der Waals surface area contributed by atoms with Crippen LogP contribution in [0.3, 0.4) is 0 Å². The first-order chi connectivity index (χ1) is 14.3. The Morgan fingerprint density at radius 3 is 1.58 bits per heavy atom. The molecule has 1 aromatic carbocycles. The van der Waals surface area contributed by atoms with Gasteiger partial charge in [0.05, 0.1) is 0 Å². The molecule has 0 saturated carbocycles. The summed E-state index contributed by atoms with van der Waals surface area (Å²) in [6.45, 7) is 4.20. The monoisotopic (exact) mass is 481 g/mol. The summed E-state index contributed by atoms with van der Waals surface area (Å²) in [4.78, 5) is -0.660. The second-order valence-corrected chi connectivity index (χ2v) is 10.0.